The molecule has 0 unspecified atom stereocenters. The number of aryl methyl sites for hydroxylation is 1. The van der Waals surface area contributed by atoms with Crippen LogP contribution in [0, 0.1) is 24.1 Å². The fraction of sp³-hybridized carbons (Fsp3) is 0.231. The van der Waals surface area contributed by atoms with E-state index in [-0.39, 0.29) is 18.8 Å². The molecule has 0 atom stereocenters. The smallest absolute Gasteiger partial charge is 0.236 e. The molecule has 0 aliphatic carbocycles. The van der Waals surface area contributed by atoms with Gasteiger partial charge in [0.05, 0.1) is 23.9 Å². The molecule has 1 heterocycles. The van der Waals surface area contributed by atoms with E-state index in [2.05, 4.69) is 5.10 Å². The van der Waals surface area contributed by atoms with Gasteiger partial charge in [0.1, 0.15) is 12.4 Å². The second-order valence-corrected chi connectivity index (χ2v) is 3.94. The summed E-state index contributed by atoms with van der Waals surface area (Å²) in [4.78, 5) is 0. The van der Waals surface area contributed by atoms with Crippen molar-refractivity contribution in [2.24, 2.45) is 0 Å². The van der Waals surface area contributed by atoms with Crippen molar-refractivity contribution in [1.82, 2.24) is 9.78 Å². The molecule has 0 fully saturated rings. The second kappa shape index (κ2) is 5.50. The Morgan fingerprint density at radius 2 is 2.26 bits per heavy atom. The molecule has 1 aromatic carbocycles. The van der Waals surface area contributed by atoms with Crippen LogP contribution >= 0.6 is 0 Å². The molecule has 6 heteroatoms. The predicted octanol–water partition coefficient (Wildman–Crippen LogP) is 1.56. The van der Waals surface area contributed by atoms with Crippen molar-refractivity contribution in [3.05, 3.63) is 41.3 Å². The third kappa shape index (κ3) is 2.89. The van der Waals surface area contributed by atoms with Gasteiger partial charge in [-0.3, -0.25) is 0 Å². The fourth-order valence-corrected chi connectivity index (χ4v) is 1.63. The summed E-state index contributed by atoms with van der Waals surface area (Å²) < 4.78 is 20.0. The van der Waals surface area contributed by atoms with Crippen molar-refractivity contribution in [2.45, 2.75) is 6.92 Å². The minimum Gasteiger partial charge on any atom is -0.474 e. The van der Waals surface area contributed by atoms with Gasteiger partial charge in [-0.15, -0.1) is 5.10 Å². The van der Waals surface area contributed by atoms with Crippen molar-refractivity contribution < 1.29 is 14.2 Å². The molecule has 0 bridgehead atoms. The van der Waals surface area contributed by atoms with Gasteiger partial charge in [0.2, 0.25) is 5.88 Å². The first kappa shape index (κ1) is 13.1. The van der Waals surface area contributed by atoms with Crippen LogP contribution < -0.4 is 4.74 Å². The predicted molar refractivity (Wildman–Crippen MR) is 65.6 cm³/mol. The minimum absolute atomic E-state index is 0.106. The summed E-state index contributed by atoms with van der Waals surface area (Å²) in [7, 11) is 0. The van der Waals surface area contributed by atoms with Crippen molar-refractivity contribution in [1.29, 1.82) is 5.26 Å². The monoisotopic (exact) mass is 261 g/mol. The molecule has 98 valence electrons. The Morgan fingerprint density at radius 3 is 2.95 bits per heavy atom. The third-order valence-electron chi connectivity index (χ3n) is 2.46. The molecule has 0 amide bonds. The van der Waals surface area contributed by atoms with Crippen LogP contribution in [0.4, 0.5) is 4.39 Å². The number of aromatic nitrogens is 2. The summed E-state index contributed by atoms with van der Waals surface area (Å²) in [5.74, 6) is -0.128. The number of aliphatic hydroxyl groups excluding tert-OH is 1. The van der Waals surface area contributed by atoms with Crippen LogP contribution in [-0.4, -0.2) is 28.1 Å². The second-order valence-electron chi connectivity index (χ2n) is 3.94. The maximum atomic E-state index is 13.4. The highest BCUT2D eigenvalue weighted by molar-refractivity contribution is 5.42. The molecule has 5 nitrogen and oxygen atoms in total. The zero-order chi connectivity index (χ0) is 13.8. The largest absolute Gasteiger partial charge is 0.474 e. The topological polar surface area (TPSA) is 71.1 Å². The lowest BCUT2D eigenvalue weighted by atomic mass is 10.2. The Kier molecular flexibility index (Phi) is 3.78. The zero-order valence-electron chi connectivity index (χ0n) is 10.3. The summed E-state index contributed by atoms with van der Waals surface area (Å²) in [6.07, 6.45) is 1.67. The average Bonchev–Trinajstić information content (AvgIpc) is 2.77. The lowest BCUT2D eigenvalue weighted by Gasteiger charge is -2.02. The van der Waals surface area contributed by atoms with E-state index in [1.54, 1.807) is 13.1 Å². The van der Waals surface area contributed by atoms with E-state index in [0.29, 0.717) is 11.6 Å². The molecule has 1 aromatic heterocycles. The molecule has 2 rings (SSSR count). The lowest BCUT2D eigenvalue weighted by Crippen LogP contribution is -2.03. The number of benzene rings is 1. The number of nitriles is 1. The molecule has 0 aliphatic heterocycles. The van der Waals surface area contributed by atoms with Crippen LogP contribution in [-0.2, 0) is 0 Å². The van der Waals surface area contributed by atoms with Crippen molar-refractivity contribution in [3.8, 4) is 17.6 Å². The van der Waals surface area contributed by atoms with Gasteiger partial charge in [-0.1, -0.05) is 0 Å². The molecule has 0 radical (unpaired) electrons. The number of hydrogen-bond donors (Lipinski definition) is 1. The SMILES string of the molecule is Cc1cn(-c2cc(F)cc(C#N)c2)nc1OCCO. The van der Waals surface area contributed by atoms with Gasteiger partial charge in [0, 0.05) is 11.8 Å². The Labute approximate surface area is 109 Å². The highest BCUT2D eigenvalue weighted by atomic mass is 19.1. The number of nitrogens with zero attached hydrogens (tertiary/aromatic N) is 3. The van der Waals surface area contributed by atoms with Gasteiger partial charge in [-0.05, 0) is 25.1 Å². The van der Waals surface area contributed by atoms with Crippen molar-refractivity contribution in [2.75, 3.05) is 13.2 Å². The Bertz CT molecular complexity index is 631. The zero-order valence-corrected chi connectivity index (χ0v) is 10.3. The van der Waals surface area contributed by atoms with E-state index < -0.39 is 5.82 Å². The molecule has 0 spiro atoms. The van der Waals surface area contributed by atoms with E-state index >= 15 is 0 Å². The normalized spacial score (nSPS) is 10.2. The first-order valence-electron chi connectivity index (χ1n) is 5.65. The number of hydrogen-bond acceptors (Lipinski definition) is 4. The van der Waals surface area contributed by atoms with E-state index in [1.165, 1.54) is 16.8 Å². The maximum absolute atomic E-state index is 13.4. The van der Waals surface area contributed by atoms with E-state index in [1.807, 2.05) is 6.07 Å². The van der Waals surface area contributed by atoms with Crippen LogP contribution in [0.2, 0.25) is 0 Å². The van der Waals surface area contributed by atoms with Crippen molar-refractivity contribution >= 4 is 0 Å². The fourth-order valence-electron chi connectivity index (χ4n) is 1.63. The summed E-state index contributed by atoms with van der Waals surface area (Å²) in [5.41, 5.74) is 1.43. The van der Waals surface area contributed by atoms with Crippen LogP contribution in [0.1, 0.15) is 11.1 Å². The quantitative estimate of drug-likeness (QED) is 0.906. The molecule has 0 saturated heterocycles. The van der Waals surface area contributed by atoms with Gasteiger partial charge in [0.15, 0.2) is 0 Å². The van der Waals surface area contributed by atoms with Crippen LogP contribution in [0.3, 0.4) is 0 Å². The van der Waals surface area contributed by atoms with Gasteiger partial charge >= 0.3 is 0 Å². The molecule has 19 heavy (non-hydrogen) atoms. The number of aliphatic hydroxyl groups is 1. The van der Waals surface area contributed by atoms with E-state index in [9.17, 15) is 4.39 Å². The van der Waals surface area contributed by atoms with Gasteiger partial charge in [0.25, 0.3) is 0 Å². The lowest BCUT2D eigenvalue weighted by molar-refractivity contribution is 0.195. The highest BCUT2D eigenvalue weighted by Gasteiger charge is 2.09. The number of ether oxygens (including phenoxy) is 1. The summed E-state index contributed by atoms with van der Waals surface area (Å²) >= 11 is 0. The highest BCUT2D eigenvalue weighted by Crippen LogP contribution is 2.19. The average molecular weight is 261 g/mol. The summed E-state index contributed by atoms with van der Waals surface area (Å²) in [6, 6.07) is 5.86. The Balaban J connectivity index is 2.37. The van der Waals surface area contributed by atoms with Gasteiger partial charge in [-0.25, -0.2) is 9.07 Å². The Hall–Kier alpha value is -2.39. The van der Waals surface area contributed by atoms with Crippen LogP contribution in [0.5, 0.6) is 5.88 Å². The summed E-state index contributed by atoms with van der Waals surface area (Å²) in [6.45, 7) is 1.83. The third-order valence-corrected chi connectivity index (χ3v) is 2.46. The molecule has 0 saturated carbocycles. The minimum atomic E-state index is -0.500. The molecular formula is C13H12FN3O2. The van der Waals surface area contributed by atoms with Gasteiger partial charge in [-0.2, -0.15) is 5.26 Å². The number of rotatable bonds is 4. The first-order valence-corrected chi connectivity index (χ1v) is 5.65. The van der Waals surface area contributed by atoms with Crippen molar-refractivity contribution in [3.63, 3.8) is 0 Å². The van der Waals surface area contributed by atoms with E-state index in [0.717, 1.165) is 11.6 Å². The number of halogens is 1. The Morgan fingerprint density at radius 1 is 1.47 bits per heavy atom. The van der Waals surface area contributed by atoms with Crippen LogP contribution in [0.15, 0.2) is 24.4 Å². The molecule has 0 aliphatic rings. The van der Waals surface area contributed by atoms with Crippen LogP contribution in [0.25, 0.3) is 5.69 Å². The first-order chi connectivity index (χ1) is 9.13. The standard InChI is InChI=1S/C13H12FN3O2/c1-9-8-17(16-13(9)19-3-2-18)12-5-10(7-15)4-11(14)6-12/h4-6,8,18H,2-3H2,1H3. The summed E-state index contributed by atoms with van der Waals surface area (Å²) in [5, 5.41) is 21.7. The molecule has 2 aromatic rings. The maximum Gasteiger partial charge on any atom is 0.236 e. The molecule has 1 N–H and O–H groups in total. The van der Waals surface area contributed by atoms with E-state index in [4.69, 9.17) is 15.1 Å². The van der Waals surface area contributed by atoms with Gasteiger partial charge < -0.3 is 9.84 Å². The molecular weight excluding hydrogens is 249 g/mol.